The van der Waals surface area contributed by atoms with Gasteiger partial charge in [-0.3, -0.25) is 0 Å². The molecule has 0 aromatic carbocycles. The Bertz CT molecular complexity index is 81.1. The molecule has 0 amide bonds. The van der Waals surface area contributed by atoms with E-state index < -0.39 is 5.72 Å². The van der Waals surface area contributed by atoms with Gasteiger partial charge in [0.05, 0.1) is 0 Å². The van der Waals surface area contributed by atoms with Crippen molar-refractivity contribution < 1.29 is 10.2 Å². The van der Waals surface area contributed by atoms with Crippen molar-refractivity contribution in [3.63, 3.8) is 0 Å². The third-order valence-corrected chi connectivity index (χ3v) is 1.51. The molecule has 0 aliphatic carbocycles. The van der Waals surface area contributed by atoms with Gasteiger partial charge in [0.15, 0.2) is 0 Å². The van der Waals surface area contributed by atoms with E-state index in [1.54, 1.807) is 0 Å². The molecule has 56 valence electrons. The molecule has 0 aliphatic heterocycles. The summed E-state index contributed by atoms with van der Waals surface area (Å²) in [5, 5.41) is 17.6. The molecule has 0 aromatic heterocycles. The molecule has 0 spiro atoms. The lowest BCUT2D eigenvalue weighted by molar-refractivity contribution is -0.0194. The second-order valence-electron chi connectivity index (χ2n) is 2.62. The van der Waals surface area contributed by atoms with Crippen LogP contribution in [0.15, 0.2) is 0 Å². The van der Waals surface area contributed by atoms with Crippen molar-refractivity contribution in [2.45, 2.75) is 26.0 Å². The van der Waals surface area contributed by atoms with Gasteiger partial charge in [0.25, 0.3) is 0 Å². The summed E-state index contributed by atoms with van der Waals surface area (Å²) in [6.45, 7) is 3.57. The smallest absolute Gasteiger partial charge is 0.118 e. The summed E-state index contributed by atoms with van der Waals surface area (Å²) in [6, 6.07) is 0. The zero-order valence-electron chi connectivity index (χ0n) is 5.96. The highest BCUT2D eigenvalue weighted by atomic mass is 16.3. The first-order valence-electron chi connectivity index (χ1n) is 3.13. The average molecular weight is 133 g/mol. The Morgan fingerprint density at radius 3 is 2.11 bits per heavy atom. The molecule has 0 aliphatic rings. The van der Waals surface area contributed by atoms with Crippen molar-refractivity contribution in [3.05, 3.63) is 0 Å². The average Bonchev–Trinajstić information content (AvgIpc) is 1.65. The summed E-state index contributed by atoms with van der Waals surface area (Å²) in [4.78, 5) is 0. The zero-order valence-corrected chi connectivity index (χ0v) is 5.96. The molecular weight excluding hydrogens is 118 g/mol. The van der Waals surface area contributed by atoms with Gasteiger partial charge in [-0.15, -0.1) is 0 Å². The number of aliphatic hydroxyl groups is 2. The molecule has 3 heteroatoms. The molecule has 4 N–H and O–H groups in total. The lowest BCUT2D eigenvalue weighted by Gasteiger charge is -2.26. The largest absolute Gasteiger partial charge is 0.396 e. The summed E-state index contributed by atoms with van der Waals surface area (Å²) in [7, 11) is 0. The molecule has 0 fully saturated rings. The van der Waals surface area contributed by atoms with Gasteiger partial charge in [0, 0.05) is 13.0 Å². The zero-order chi connectivity index (χ0) is 7.49. The maximum atomic E-state index is 9.21. The highest BCUT2D eigenvalue weighted by Crippen LogP contribution is 2.12. The van der Waals surface area contributed by atoms with Crippen LogP contribution in [0.1, 0.15) is 20.3 Å². The van der Waals surface area contributed by atoms with Crippen molar-refractivity contribution in [1.29, 1.82) is 0 Å². The molecular formula is C6H15NO2. The van der Waals surface area contributed by atoms with Gasteiger partial charge in [-0.05, 0) is 5.92 Å². The summed E-state index contributed by atoms with van der Waals surface area (Å²) in [5.74, 6) is -0.00958. The molecule has 3 nitrogen and oxygen atoms in total. The van der Waals surface area contributed by atoms with Gasteiger partial charge < -0.3 is 15.9 Å². The fourth-order valence-corrected chi connectivity index (χ4v) is 0.468. The van der Waals surface area contributed by atoms with Crippen LogP contribution in [0.4, 0.5) is 0 Å². The van der Waals surface area contributed by atoms with Crippen molar-refractivity contribution in [2.24, 2.45) is 11.7 Å². The van der Waals surface area contributed by atoms with Crippen LogP contribution in [-0.4, -0.2) is 22.5 Å². The van der Waals surface area contributed by atoms with E-state index >= 15 is 0 Å². The van der Waals surface area contributed by atoms with E-state index in [0.717, 1.165) is 0 Å². The van der Waals surface area contributed by atoms with Crippen LogP contribution in [0.25, 0.3) is 0 Å². The van der Waals surface area contributed by atoms with Crippen LogP contribution in [-0.2, 0) is 0 Å². The molecule has 0 rings (SSSR count). The minimum Gasteiger partial charge on any atom is -0.396 e. The highest BCUT2D eigenvalue weighted by molar-refractivity contribution is 4.73. The third-order valence-electron chi connectivity index (χ3n) is 1.51. The topological polar surface area (TPSA) is 66.5 Å². The molecule has 0 heterocycles. The van der Waals surface area contributed by atoms with Crippen LogP contribution in [0.3, 0.4) is 0 Å². The number of nitrogens with two attached hydrogens (primary N) is 1. The SMILES string of the molecule is CC(C)C(N)(O)CCO. The number of hydrogen-bond acceptors (Lipinski definition) is 3. The second kappa shape index (κ2) is 3.15. The normalized spacial score (nSPS) is 18.0. The lowest BCUT2D eigenvalue weighted by Crippen LogP contribution is -2.45. The van der Waals surface area contributed by atoms with E-state index in [0.29, 0.717) is 0 Å². The lowest BCUT2D eigenvalue weighted by atomic mass is 9.98. The standard InChI is InChI=1S/C6H15NO2/c1-5(2)6(7,9)3-4-8/h5,8-9H,3-4,7H2,1-2H3. The van der Waals surface area contributed by atoms with E-state index in [9.17, 15) is 5.11 Å². The van der Waals surface area contributed by atoms with Crippen molar-refractivity contribution in [1.82, 2.24) is 0 Å². The Morgan fingerprint density at radius 1 is 1.56 bits per heavy atom. The van der Waals surface area contributed by atoms with E-state index in [4.69, 9.17) is 10.8 Å². The van der Waals surface area contributed by atoms with Gasteiger partial charge >= 0.3 is 0 Å². The van der Waals surface area contributed by atoms with Gasteiger partial charge in [-0.25, -0.2) is 0 Å². The number of aliphatic hydroxyl groups excluding tert-OH is 1. The Kier molecular flexibility index (Phi) is 3.11. The van der Waals surface area contributed by atoms with Crippen LogP contribution in [0, 0.1) is 5.92 Å². The third kappa shape index (κ3) is 2.79. The quantitative estimate of drug-likeness (QED) is 0.462. The Morgan fingerprint density at radius 2 is 2.00 bits per heavy atom. The number of rotatable bonds is 3. The maximum absolute atomic E-state index is 9.21. The molecule has 1 atom stereocenters. The number of hydrogen-bond donors (Lipinski definition) is 3. The molecule has 9 heavy (non-hydrogen) atoms. The summed E-state index contributed by atoms with van der Waals surface area (Å²) in [6.07, 6.45) is 0.241. The van der Waals surface area contributed by atoms with Crippen LogP contribution < -0.4 is 5.73 Å². The monoisotopic (exact) mass is 133 g/mol. The minimum absolute atomic E-state index is 0.00958. The predicted octanol–water partition coefficient (Wildman–Crippen LogP) is -0.328. The van der Waals surface area contributed by atoms with Gasteiger partial charge in [-0.2, -0.15) is 0 Å². The van der Waals surface area contributed by atoms with Crippen LogP contribution in [0.5, 0.6) is 0 Å². The van der Waals surface area contributed by atoms with Crippen LogP contribution in [0.2, 0.25) is 0 Å². The Labute approximate surface area is 55.5 Å². The van der Waals surface area contributed by atoms with Crippen molar-refractivity contribution in [2.75, 3.05) is 6.61 Å². The summed E-state index contributed by atoms with van der Waals surface area (Å²) < 4.78 is 0. The predicted molar refractivity (Wildman–Crippen MR) is 35.7 cm³/mol. The summed E-state index contributed by atoms with van der Waals surface area (Å²) in [5.41, 5.74) is 4.17. The molecule has 1 unspecified atom stereocenters. The minimum atomic E-state index is -1.20. The Hall–Kier alpha value is -0.120. The van der Waals surface area contributed by atoms with Crippen molar-refractivity contribution in [3.8, 4) is 0 Å². The first-order valence-corrected chi connectivity index (χ1v) is 3.13. The molecule has 0 aromatic rings. The molecule has 0 saturated carbocycles. The van der Waals surface area contributed by atoms with E-state index in [-0.39, 0.29) is 18.9 Å². The first kappa shape index (κ1) is 8.88. The van der Waals surface area contributed by atoms with Gasteiger partial charge in [0.1, 0.15) is 5.72 Å². The van der Waals surface area contributed by atoms with E-state index in [2.05, 4.69) is 0 Å². The van der Waals surface area contributed by atoms with E-state index in [1.807, 2.05) is 13.8 Å². The van der Waals surface area contributed by atoms with Crippen LogP contribution >= 0.6 is 0 Å². The fraction of sp³-hybridized carbons (Fsp3) is 1.00. The fourth-order valence-electron chi connectivity index (χ4n) is 0.468. The molecule has 0 bridgehead atoms. The van der Waals surface area contributed by atoms with Gasteiger partial charge in [-0.1, -0.05) is 13.8 Å². The first-order chi connectivity index (χ1) is 4.00. The highest BCUT2D eigenvalue weighted by Gasteiger charge is 2.23. The molecule has 0 radical (unpaired) electrons. The van der Waals surface area contributed by atoms with Gasteiger partial charge in [0.2, 0.25) is 0 Å². The second-order valence-corrected chi connectivity index (χ2v) is 2.62. The summed E-state index contributed by atoms with van der Waals surface area (Å²) >= 11 is 0. The van der Waals surface area contributed by atoms with E-state index in [1.165, 1.54) is 0 Å². The maximum Gasteiger partial charge on any atom is 0.118 e. The Balaban J connectivity index is 3.70. The molecule has 0 saturated heterocycles. The van der Waals surface area contributed by atoms with Crippen molar-refractivity contribution >= 4 is 0 Å².